The van der Waals surface area contributed by atoms with Crippen LogP contribution in [0.15, 0.2) is 12.2 Å². The van der Waals surface area contributed by atoms with Crippen molar-refractivity contribution < 1.29 is 49.5 Å². The van der Waals surface area contributed by atoms with E-state index in [1.807, 2.05) is 0 Å². The van der Waals surface area contributed by atoms with Crippen LogP contribution in [0.1, 0.15) is 458 Å². The van der Waals surface area contributed by atoms with Crippen molar-refractivity contribution in [3.8, 4) is 0 Å². The summed E-state index contributed by atoms with van der Waals surface area (Å²) in [4.78, 5) is 51.4. The molecule has 0 aliphatic carbocycles. The van der Waals surface area contributed by atoms with E-state index in [1.165, 1.54) is 327 Å². The predicted octanol–water partition coefficient (Wildman–Crippen LogP) is 26.8. The van der Waals surface area contributed by atoms with Crippen molar-refractivity contribution in [3.63, 3.8) is 0 Å². The van der Waals surface area contributed by atoms with Gasteiger partial charge >= 0.3 is 29.8 Å². The third kappa shape index (κ3) is 114. The Balaban J connectivity index is -0.000000328. The second-order valence-corrected chi connectivity index (χ2v) is 25.9. The number of carboxylic acids is 5. The summed E-state index contributed by atoms with van der Waals surface area (Å²) in [6.45, 7) is 11.3. The van der Waals surface area contributed by atoms with Crippen molar-refractivity contribution >= 4 is 29.8 Å². The summed E-state index contributed by atoms with van der Waals surface area (Å²) >= 11 is 0. The van der Waals surface area contributed by atoms with E-state index in [2.05, 4.69) is 46.8 Å². The Kier molecular flexibility index (Phi) is 96.5. The Bertz CT molecular complexity index is 1370. The summed E-state index contributed by atoms with van der Waals surface area (Å²) in [5.74, 6) is -3.29. The molecule has 0 aliphatic heterocycles. The van der Waals surface area contributed by atoms with E-state index >= 15 is 0 Å². The maximum absolute atomic E-state index is 10.3. The highest BCUT2D eigenvalue weighted by molar-refractivity contribution is 5.67. The summed E-state index contributed by atoms with van der Waals surface area (Å²) in [5, 5.41) is 42.4. The molecule has 0 amide bonds. The molecule has 0 unspecified atom stereocenters. The Morgan fingerprint density at radius 3 is 0.386 bits per heavy atom. The molecule has 88 heavy (non-hydrogen) atoms. The lowest BCUT2D eigenvalue weighted by molar-refractivity contribution is -0.138. The molecular weight excluding hydrogens is 1100 g/mol. The fourth-order valence-corrected chi connectivity index (χ4v) is 10.8. The van der Waals surface area contributed by atoms with E-state index in [4.69, 9.17) is 25.5 Å². The molecule has 0 aromatic carbocycles. The van der Waals surface area contributed by atoms with Crippen LogP contribution in [0.2, 0.25) is 0 Å². The number of carbonyl (C=O) groups is 5. The van der Waals surface area contributed by atoms with E-state index < -0.39 is 29.8 Å². The topological polar surface area (TPSA) is 186 Å². The van der Waals surface area contributed by atoms with Crippen LogP contribution in [0.5, 0.6) is 0 Å². The maximum Gasteiger partial charge on any atom is 0.303 e. The summed E-state index contributed by atoms with van der Waals surface area (Å²) in [6.07, 6.45) is 84.5. The third-order valence-corrected chi connectivity index (χ3v) is 16.6. The van der Waals surface area contributed by atoms with E-state index in [0.29, 0.717) is 32.1 Å². The molecule has 526 valence electrons. The number of rotatable bonds is 67. The number of unbranched alkanes of at least 4 members (excludes halogenated alkanes) is 55. The van der Waals surface area contributed by atoms with Crippen molar-refractivity contribution in [2.75, 3.05) is 0 Å². The lowest BCUT2D eigenvalue weighted by atomic mass is 10.0. The van der Waals surface area contributed by atoms with Crippen molar-refractivity contribution in [2.24, 2.45) is 0 Å². The van der Waals surface area contributed by atoms with E-state index in [0.717, 1.165) is 64.2 Å². The first-order valence-corrected chi connectivity index (χ1v) is 38.6. The van der Waals surface area contributed by atoms with Crippen molar-refractivity contribution in [1.82, 2.24) is 0 Å². The number of carboxylic acid groups (broad SMARTS) is 5. The number of hydrogen-bond donors (Lipinski definition) is 5. The normalized spacial score (nSPS) is 10.8. The molecule has 10 nitrogen and oxygen atoms in total. The van der Waals surface area contributed by atoms with Crippen LogP contribution in [0, 0.1) is 0 Å². The van der Waals surface area contributed by atoms with Gasteiger partial charge in [-0.05, 0) is 57.8 Å². The van der Waals surface area contributed by atoms with Crippen molar-refractivity contribution in [1.29, 1.82) is 0 Å². The van der Waals surface area contributed by atoms with Gasteiger partial charge in [0.15, 0.2) is 0 Å². The first-order valence-electron chi connectivity index (χ1n) is 38.6. The molecule has 0 saturated heterocycles. The largest absolute Gasteiger partial charge is 0.481 e. The first-order chi connectivity index (χ1) is 42.9. The molecule has 0 aromatic heterocycles. The Morgan fingerprint density at radius 2 is 0.273 bits per heavy atom. The number of aliphatic carboxylic acids is 5. The van der Waals surface area contributed by atoms with Crippen LogP contribution in [-0.4, -0.2) is 55.4 Å². The molecule has 0 rings (SSSR count). The molecule has 0 bridgehead atoms. The minimum Gasteiger partial charge on any atom is -0.481 e. The number of hydrogen-bond acceptors (Lipinski definition) is 5. The Labute approximate surface area is 547 Å². The quantitative estimate of drug-likeness (QED) is 0.0290. The zero-order valence-corrected chi connectivity index (χ0v) is 59.6. The lowest BCUT2D eigenvalue weighted by Gasteiger charge is -2.03. The zero-order chi connectivity index (χ0) is 66.0. The molecular formula is C78H154O10. The molecule has 0 saturated carbocycles. The van der Waals surface area contributed by atoms with Gasteiger partial charge in [0.2, 0.25) is 0 Å². The SMILES string of the molecule is CCCCCCCC/C=C\CCCCCCCC(=O)O.CCCCCCCCCCCC(=O)O.CCCCCCCCCCCCCC(=O)O.CCCCCCCCCCCCCCCC(=O)O.CCCCCCCCCCCCCCCCCC(=O)O. The molecule has 0 atom stereocenters. The fourth-order valence-electron chi connectivity index (χ4n) is 10.8. The van der Waals surface area contributed by atoms with Gasteiger partial charge in [0, 0.05) is 32.1 Å². The molecule has 0 spiro atoms. The first kappa shape index (κ1) is 93.8. The third-order valence-electron chi connectivity index (χ3n) is 16.6. The summed E-state index contributed by atoms with van der Waals surface area (Å²) in [7, 11) is 0. The highest BCUT2D eigenvalue weighted by Crippen LogP contribution is 2.17. The van der Waals surface area contributed by atoms with E-state index in [-0.39, 0.29) is 0 Å². The lowest BCUT2D eigenvalue weighted by Crippen LogP contribution is -1.93. The molecule has 0 aromatic rings. The molecule has 0 aliphatic rings. The van der Waals surface area contributed by atoms with E-state index in [9.17, 15) is 24.0 Å². The smallest absolute Gasteiger partial charge is 0.303 e. The van der Waals surface area contributed by atoms with Gasteiger partial charge < -0.3 is 25.5 Å². The van der Waals surface area contributed by atoms with Crippen molar-refractivity contribution in [3.05, 3.63) is 12.2 Å². The number of allylic oxidation sites excluding steroid dienone is 2. The van der Waals surface area contributed by atoms with Crippen LogP contribution < -0.4 is 0 Å². The van der Waals surface area contributed by atoms with Gasteiger partial charge in [0.25, 0.3) is 0 Å². The Morgan fingerprint density at radius 1 is 0.170 bits per heavy atom. The average molecular weight is 1250 g/mol. The van der Waals surface area contributed by atoms with Gasteiger partial charge in [-0.2, -0.15) is 0 Å². The standard InChI is InChI=1S/C18H36O2.C18H34O2.C16H32O2.C14H28O2.C12H24O2/c2*1-2-3-4-5-6-7-8-9-10-11-12-13-14-15-16-17-18(19)20;1-2-3-4-5-6-7-8-9-10-11-12-13-14-15-16(17)18;1-2-3-4-5-6-7-8-9-10-11-12-13-14(15)16;1-2-3-4-5-6-7-8-9-10-11-12(13)14/h2-17H2,1H3,(H,19,20);9-10H,2-8,11-17H2,1H3,(H,19,20);2-15H2,1H3,(H,17,18);2-13H2,1H3,(H,15,16);2-11H2,1H3,(H,13,14)/b;10-9-;;;. The second kappa shape index (κ2) is 90.5. The summed E-state index contributed by atoms with van der Waals surface area (Å²) in [6, 6.07) is 0. The predicted molar refractivity (Wildman–Crippen MR) is 380 cm³/mol. The van der Waals surface area contributed by atoms with Crippen LogP contribution in [0.25, 0.3) is 0 Å². The highest BCUT2D eigenvalue weighted by atomic mass is 16.4. The van der Waals surface area contributed by atoms with Crippen LogP contribution in [-0.2, 0) is 24.0 Å². The molecule has 5 N–H and O–H groups in total. The van der Waals surface area contributed by atoms with Crippen LogP contribution in [0.4, 0.5) is 0 Å². The molecule has 0 fully saturated rings. The molecule has 0 heterocycles. The summed E-state index contributed by atoms with van der Waals surface area (Å²) in [5.41, 5.74) is 0. The minimum atomic E-state index is -0.664. The monoisotopic (exact) mass is 1250 g/mol. The van der Waals surface area contributed by atoms with Crippen molar-refractivity contribution in [2.45, 2.75) is 458 Å². The highest BCUT2D eigenvalue weighted by Gasteiger charge is 2.02. The van der Waals surface area contributed by atoms with Gasteiger partial charge in [-0.1, -0.05) is 381 Å². The van der Waals surface area contributed by atoms with Gasteiger partial charge in [0.1, 0.15) is 0 Å². The zero-order valence-electron chi connectivity index (χ0n) is 59.6. The van der Waals surface area contributed by atoms with Gasteiger partial charge in [-0.25, -0.2) is 0 Å². The van der Waals surface area contributed by atoms with E-state index in [1.54, 1.807) is 0 Å². The molecule has 0 radical (unpaired) electrons. The average Bonchev–Trinajstić information content (AvgIpc) is 3.49. The minimum absolute atomic E-state index is 0.332. The summed E-state index contributed by atoms with van der Waals surface area (Å²) < 4.78 is 0. The molecule has 10 heteroatoms. The fraction of sp³-hybridized carbons (Fsp3) is 0.910. The second-order valence-electron chi connectivity index (χ2n) is 25.9. The Hall–Kier alpha value is -2.91. The van der Waals surface area contributed by atoms with Crippen LogP contribution in [0.3, 0.4) is 0 Å². The van der Waals surface area contributed by atoms with Gasteiger partial charge in [-0.3, -0.25) is 24.0 Å². The maximum atomic E-state index is 10.3. The van der Waals surface area contributed by atoms with Crippen LogP contribution >= 0.6 is 0 Å². The van der Waals surface area contributed by atoms with Gasteiger partial charge in [-0.15, -0.1) is 0 Å². The van der Waals surface area contributed by atoms with Gasteiger partial charge in [0.05, 0.1) is 0 Å².